The highest BCUT2D eigenvalue weighted by atomic mass is 16.5. The zero-order chi connectivity index (χ0) is 19.3. The first kappa shape index (κ1) is 18.0. The second kappa shape index (κ2) is 8.12. The Kier molecular flexibility index (Phi) is 5.22. The van der Waals surface area contributed by atoms with E-state index < -0.39 is 0 Å². The topological polar surface area (TPSA) is 62.6 Å². The van der Waals surface area contributed by atoms with Gasteiger partial charge >= 0.3 is 0 Å². The highest BCUT2D eigenvalue weighted by molar-refractivity contribution is 5.98. The number of carbonyl (C=O) groups excluding carboxylic acids is 1. The third-order valence-corrected chi connectivity index (χ3v) is 4.85. The van der Waals surface area contributed by atoms with Crippen molar-refractivity contribution in [3.05, 3.63) is 82.9 Å². The molecule has 1 unspecified atom stereocenters. The molecule has 2 aliphatic rings. The minimum Gasteiger partial charge on any atom is -0.480 e. The second-order valence-electron chi connectivity index (χ2n) is 6.67. The van der Waals surface area contributed by atoms with Crippen molar-refractivity contribution >= 4 is 12.0 Å². The molecule has 0 N–H and O–H groups in total. The molecule has 1 fully saturated rings. The fourth-order valence-corrected chi connectivity index (χ4v) is 3.41. The van der Waals surface area contributed by atoms with Crippen molar-refractivity contribution in [3.63, 3.8) is 0 Å². The van der Waals surface area contributed by atoms with Gasteiger partial charge in [-0.15, -0.1) is 0 Å². The Morgan fingerprint density at radius 1 is 1.07 bits per heavy atom. The summed E-state index contributed by atoms with van der Waals surface area (Å²) in [6.45, 7) is 1.99. The Labute approximate surface area is 164 Å². The van der Waals surface area contributed by atoms with Gasteiger partial charge in [0.1, 0.15) is 23.5 Å². The summed E-state index contributed by atoms with van der Waals surface area (Å²) < 4.78 is 11.5. The molecule has 4 rings (SSSR count). The summed E-state index contributed by atoms with van der Waals surface area (Å²) in [5.74, 6) is 0.517. The molecular weight excluding hydrogens is 352 g/mol. The monoisotopic (exact) mass is 372 g/mol. The van der Waals surface area contributed by atoms with Gasteiger partial charge in [-0.1, -0.05) is 48.5 Å². The number of nitriles is 1. The average molecular weight is 372 g/mol. The number of rotatable bonds is 3. The number of fused-ring (bicyclic) bond motifs is 1. The second-order valence-corrected chi connectivity index (χ2v) is 6.67. The Morgan fingerprint density at radius 2 is 1.79 bits per heavy atom. The van der Waals surface area contributed by atoms with Gasteiger partial charge in [0, 0.05) is 18.7 Å². The van der Waals surface area contributed by atoms with Gasteiger partial charge in [-0.2, -0.15) is 5.26 Å². The van der Waals surface area contributed by atoms with Crippen LogP contribution in [-0.2, 0) is 9.53 Å². The number of carbonyl (C=O) groups is 1. The van der Waals surface area contributed by atoms with Crippen LogP contribution >= 0.6 is 0 Å². The lowest BCUT2D eigenvalue weighted by molar-refractivity contribution is -0.130. The van der Waals surface area contributed by atoms with Crippen LogP contribution in [0.4, 0.5) is 0 Å². The minimum absolute atomic E-state index is 0.108. The molecule has 5 heteroatoms. The van der Waals surface area contributed by atoms with Crippen LogP contribution in [0.1, 0.15) is 17.2 Å². The van der Waals surface area contributed by atoms with Crippen molar-refractivity contribution in [2.45, 2.75) is 6.10 Å². The van der Waals surface area contributed by atoms with Crippen LogP contribution in [0, 0.1) is 11.3 Å². The molecule has 0 aliphatic carbocycles. The number of ether oxygens (including phenoxy) is 2. The molecule has 2 aromatic rings. The van der Waals surface area contributed by atoms with Gasteiger partial charge in [-0.05, 0) is 29.4 Å². The lowest BCUT2D eigenvalue weighted by Crippen LogP contribution is -2.41. The molecule has 0 saturated carbocycles. The van der Waals surface area contributed by atoms with E-state index in [0.29, 0.717) is 26.3 Å². The van der Waals surface area contributed by atoms with Crippen LogP contribution in [-0.4, -0.2) is 37.1 Å². The molecule has 0 bridgehead atoms. The van der Waals surface area contributed by atoms with Gasteiger partial charge in [0.15, 0.2) is 0 Å². The summed E-state index contributed by atoms with van der Waals surface area (Å²) in [5, 5.41) is 9.64. The Morgan fingerprint density at radius 3 is 2.54 bits per heavy atom. The Balaban J connectivity index is 1.72. The number of para-hydroxylation sites is 1. The van der Waals surface area contributed by atoms with E-state index in [9.17, 15) is 10.1 Å². The normalized spacial score (nSPS) is 19.1. The standard InChI is InChI=1S/C23H20N2O3/c24-16-20(23(26)25-10-12-27-13-11-25)15-19-14-18-8-4-5-9-21(18)28-22(19)17-6-2-1-3-7-17/h1-9,14-15,22H,10-13H2/b20-15+. The van der Waals surface area contributed by atoms with E-state index >= 15 is 0 Å². The summed E-state index contributed by atoms with van der Waals surface area (Å²) >= 11 is 0. The lowest BCUT2D eigenvalue weighted by atomic mass is 9.94. The quantitative estimate of drug-likeness (QED) is 0.611. The van der Waals surface area contributed by atoms with Crippen molar-refractivity contribution in [3.8, 4) is 11.8 Å². The SMILES string of the molecule is N#C/C(=C\C1=Cc2ccccc2OC1c1ccccc1)C(=O)N1CCOCC1. The van der Waals surface area contributed by atoms with Gasteiger partial charge in [0.2, 0.25) is 0 Å². The molecule has 0 radical (unpaired) electrons. The summed E-state index contributed by atoms with van der Waals surface area (Å²) in [6.07, 6.45) is 3.27. The minimum atomic E-state index is -0.378. The van der Waals surface area contributed by atoms with E-state index in [2.05, 4.69) is 6.07 Å². The van der Waals surface area contributed by atoms with Crippen molar-refractivity contribution < 1.29 is 14.3 Å². The van der Waals surface area contributed by atoms with Crippen molar-refractivity contribution in [1.29, 1.82) is 5.26 Å². The third kappa shape index (κ3) is 3.68. The van der Waals surface area contributed by atoms with Gasteiger partial charge in [0.05, 0.1) is 13.2 Å². The maximum atomic E-state index is 12.8. The molecule has 0 aromatic heterocycles. The van der Waals surface area contributed by atoms with E-state index in [4.69, 9.17) is 9.47 Å². The number of hydrogen-bond acceptors (Lipinski definition) is 4. The third-order valence-electron chi connectivity index (χ3n) is 4.85. The predicted octanol–water partition coefficient (Wildman–Crippen LogP) is 3.51. The molecular formula is C23H20N2O3. The molecule has 2 heterocycles. The zero-order valence-corrected chi connectivity index (χ0v) is 15.4. The van der Waals surface area contributed by atoms with Crippen LogP contribution in [0.25, 0.3) is 6.08 Å². The molecule has 0 spiro atoms. The number of amides is 1. The largest absolute Gasteiger partial charge is 0.480 e. The summed E-state index contributed by atoms with van der Waals surface area (Å²) in [5.41, 5.74) is 2.78. The smallest absolute Gasteiger partial charge is 0.264 e. The van der Waals surface area contributed by atoms with E-state index in [-0.39, 0.29) is 17.6 Å². The first-order valence-corrected chi connectivity index (χ1v) is 9.27. The van der Waals surface area contributed by atoms with E-state index in [0.717, 1.165) is 22.4 Å². The fourth-order valence-electron chi connectivity index (χ4n) is 3.41. The van der Waals surface area contributed by atoms with Crippen LogP contribution in [0.2, 0.25) is 0 Å². The zero-order valence-electron chi connectivity index (χ0n) is 15.4. The van der Waals surface area contributed by atoms with Crippen LogP contribution < -0.4 is 4.74 Å². The van der Waals surface area contributed by atoms with E-state index in [1.165, 1.54) is 0 Å². The molecule has 140 valence electrons. The van der Waals surface area contributed by atoms with Gasteiger partial charge < -0.3 is 14.4 Å². The van der Waals surface area contributed by atoms with Gasteiger partial charge in [0.25, 0.3) is 5.91 Å². The van der Waals surface area contributed by atoms with Gasteiger partial charge in [-0.3, -0.25) is 4.79 Å². The maximum Gasteiger partial charge on any atom is 0.264 e. The number of nitrogens with zero attached hydrogens (tertiary/aromatic N) is 2. The fraction of sp³-hybridized carbons (Fsp3) is 0.217. The molecule has 28 heavy (non-hydrogen) atoms. The molecule has 1 atom stereocenters. The van der Waals surface area contributed by atoms with Crippen molar-refractivity contribution in [2.24, 2.45) is 0 Å². The maximum absolute atomic E-state index is 12.8. The van der Waals surface area contributed by atoms with Crippen LogP contribution in [0.15, 0.2) is 71.8 Å². The summed E-state index contributed by atoms with van der Waals surface area (Å²) in [7, 11) is 0. The van der Waals surface area contributed by atoms with Gasteiger partial charge in [-0.25, -0.2) is 0 Å². The number of benzene rings is 2. The lowest BCUT2D eigenvalue weighted by Gasteiger charge is -2.28. The first-order valence-electron chi connectivity index (χ1n) is 9.27. The molecule has 2 aliphatic heterocycles. The van der Waals surface area contributed by atoms with Crippen molar-refractivity contribution in [2.75, 3.05) is 26.3 Å². The number of morpholine rings is 1. The Hall–Kier alpha value is -3.36. The van der Waals surface area contributed by atoms with Crippen LogP contribution in [0.5, 0.6) is 5.75 Å². The first-order chi connectivity index (χ1) is 13.8. The highest BCUT2D eigenvalue weighted by Crippen LogP contribution is 2.38. The summed E-state index contributed by atoms with van der Waals surface area (Å²) in [4.78, 5) is 14.5. The molecule has 1 amide bonds. The molecule has 5 nitrogen and oxygen atoms in total. The van der Waals surface area contributed by atoms with Crippen molar-refractivity contribution in [1.82, 2.24) is 4.90 Å². The number of hydrogen-bond donors (Lipinski definition) is 0. The highest BCUT2D eigenvalue weighted by Gasteiger charge is 2.26. The average Bonchev–Trinajstić information content (AvgIpc) is 2.77. The van der Waals surface area contributed by atoms with E-state index in [1.54, 1.807) is 11.0 Å². The van der Waals surface area contributed by atoms with Crippen LogP contribution in [0.3, 0.4) is 0 Å². The van der Waals surface area contributed by atoms with E-state index in [1.807, 2.05) is 60.7 Å². The predicted molar refractivity (Wildman–Crippen MR) is 105 cm³/mol. The molecule has 1 saturated heterocycles. The summed E-state index contributed by atoms with van der Waals surface area (Å²) in [6, 6.07) is 19.6. The molecule has 2 aromatic carbocycles. The Bertz CT molecular complexity index is 967.